The second kappa shape index (κ2) is 6.49. The summed E-state index contributed by atoms with van der Waals surface area (Å²) >= 11 is 0. The van der Waals surface area contributed by atoms with E-state index in [0.717, 1.165) is 19.3 Å². The van der Waals surface area contributed by atoms with Gasteiger partial charge in [-0.1, -0.05) is 13.3 Å². The number of nitrogens with two attached hydrogens (primary N) is 1. The van der Waals surface area contributed by atoms with E-state index in [1.807, 2.05) is 13.8 Å². The van der Waals surface area contributed by atoms with Gasteiger partial charge in [0.25, 0.3) is 10.2 Å². The van der Waals surface area contributed by atoms with Crippen LogP contribution in [-0.4, -0.2) is 37.2 Å². The molecule has 2 atom stereocenters. The van der Waals surface area contributed by atoms with Crippen molar-refractivity contribution in [1.82, 2.24) is 9.03 Å². The molecule has 0 aromatic heterocycles. The highest BCUT2D eigenvalue weighted by Gasteiger charge is 2.30. The zero-order valence-corrected chi connectivity index (χ0v) is 12.0. The lowest BCUT2D eigenvalue weighted by Crippen LogP contribution is -2.51. The highest BCUT2D eigenvalue weighted by molar-refractivity contribution is 7.87. The molecule has 0 aliphatic carbocycles. The third-order valence-electron chi connectivity index (χ3n) is 3.33. The van der Waals surface area contributed by atoms with Gasteiger partial charge in [-0.25, -0.2) is 0 Å². The van der Waals surface area contributed by atoms with E-state index in [0.29, 0.717) is 13.0 Å². The Hall–Kier alpha value is -0.660. The topological polar surface area (TPSA) is 99.3 Å². The van der Waals surface area contributed by atoms with Crippen LogP contribution in [-0.2, 0) is 10.2 Å². The van der Waals surface area contributed by atoms with Crippen molar-refractivity contribution in [2.24, 2.45) is 5.73 Å². The summed E-state index contributed by atoms with van der Waals surface area (Å²) in [5.41, 5.74) is 5.33. The minimum Gasteiger partial charge on any atom is -0.388 e. The van der Waals surface area contributed by atoms with Gasteiger partial charge >= 0.3 is 0 Å². The lowest BCUT2D eigenvalue weighted by atomic mass is 10.1. The standard InChI is InChI=1S/C11H24N4O2S/c1-3-10(8-11(12)13)14-18(16,17)15-7-5-4-6-9(15)2/h9-10,14H,3-8H2,1-2H3,(H3,12,13). The maximum absolute atomic E-state index is 12.3. The maximum atomic E-state index is 12.3. The SMILES string of the molecule is CCC(CC(=N)N)NS(=O)(=O)N1CCCCC1C. The number of piperidine rings is 1. The molecule has 7 heteroatoms. The predicted octanol–water partition coefficient (Wildman–Crippen LogP) is 0.800. The summed E-state index contributed by atoms with van der Waals surface area (Å²) in [7, 11) is -3.46. The molecule has 2 unspecified atom stereocenters. The van der Waals surface area contributed by atoms with Crippen LogP contribution in [0.5, 0.6) is 0 Å². The zero-order valence-electron chi connectivity index (χ0n) is 11.1. The molecule has 0 aromatic rings. The van der Waals surface area contributed by atoms with Gasteiger partial charge < -0.3 is 5.73 Å². The van der Waals surface area contributed by atoms with E-state index in [1.165, 1.54) is 4.31 Å². The van der Waals surface area contributed by atoms with Crippen molar-refractivity contribution in [3.63, 3.8) is 0 Å². The number of rotatable bonds is 6. The molecule has 106 valence electrons. The van der Waals surface area contributed by atoms with Gasteiger partial charge in [0.2, 0.25) is 0 Å². The average molecular weight is 276 g/mol. The minimum atomic E-state index is -3.46. The maximum Gasteiger partial charge on any atom is 0.279 e. The normalized spacial score (nSPS) is 23.8. The largest absolute Gasteiger partial charge is 0.388 e. The number of nitrogens with zero attached hydrogens (tertiary/aromatic N) is 1. The Balaban J connectivity index is 2.70. The fourth-order valence-corrected chi connectivity index (χ4v) is 4.00. The summed E-state index contributed by atoms with van der Waals surface area (Å²) in [5, 5.41) is 7.25. The van der Waals surface area contributed by atoms with Crippen LogP contribution in [0, 0.1) is 5.41 Å². The summed E-state index contributed by atoms with van der Waals surface area (Å²) in [5.74, 6) is 0.0104. The lowest BCUT2D eigenvalue weighted by molar-refractivity contribution is 0.263. The summed E-state index contributed by atoms with van der Waals surface area (Å²) < 4.78 is 28.7. The molecule has 6 nitrogen and oxygen atoms in total. The van der Waals surface area contributed by atoms with Crippen molar-refractivity contribution in [2.45, 2.75) is 58.0 Å². The third-order valence-corrected chi connectivity index (χ3v) is 5.12. The van der Waals surface area contributed by atoms with Crippen molar-refractivity contribution >= 4 is 16.0 Å². The Morgan fingerprint density at radius 1 is 1.56 bits per heavy atom. The van der Waals surface area contributed by atoms with Crippen LogP contribution in [0.15, 0.2) is 0 Å². The van der Waals surface area contributed by atoms with Gasteiger partial charge in [0.05, 0.1) is 5.84 Å². The van der Waals surface area contributed by atoms with Crippen molar-refractivity contribution in [1.29, 1.82) is 5.41 Å². The van der Waals surface area contributed by atoms with E-state index >= 15 is 0 Å². The smallest absolute Gasteiger partial charge is 0.279 e. The molecule has 4 N–H and O–H groups in total. The van der Waals surface area contributed by atoms with E-state index in [1.54, 1.807) is 0 Å². The molecule has 1 aliphatic rings. The van der Waals surface area contributed by atoms with Gasteiger partial charge in [0, 0.05) is 25.0 Å². The molecule has 1 heterocycles. The van der Waals surface area contributed by atoms with Crippen molar-refractivity contribution in [2.75, 3.05) is 6.54 Å². The Morgan fingerprint density at radius 2 is 2.22 bits per heavy atom. The van der Waals surface area contributed by atoms with Gasteiger partial charge in [0.15, 0.2) is 0 Å². The summed E-state index contributed by atoms with van der Waals surface area (Å²) in [4.78, 5) is 0. The number of hydrogen-bond donors (Lipinski definition) is 3. The molecule has 1 saturated heterocycles. The van der Waals surface area contributed by atoms with Crippen LogP contribution in [0.1, 0.15) is 46.0 Å². The van der Waals surface area contributed by atoms with Crippen LogP contribution in [0.4, 0.5) is 0 Å². The molecule has 1 aliphatic heterocycles. The lowest BCUT2D eigenvalue weighted by Gasteiger charge is -2.33. The van der Waals surface area contributed by atoms with E-state index in [9.17, 15) is 8.42 Å². The van der Waals surface area contributed by atoms with Gasteiger partial charge in [-0.3, -0.25) is 5.41 Å². The molecule has 0 bridgehead atoms. The summed E-state index contributed by atoms with van der Waals surface area (Å²) in [6.07, 6.45) is 3.79. The fourth-order valence-electron chi connectivity index (χ4n) is 2.24. The van der Waals surface area contributed by atoms with Crippen LogP contribution in [0.2, 0.25) is 0 Å². The number of nitrogens with one attached hydrogen (secondary N) is 2. The first-order chi connectivity index (χ1) is 8.36. The molecule has 1 rings (SSSR count). The molecule has 1 fully saturated rings. The monoisotopic (exact) mass is 276 g/mol. The average Bonchev–Trinajstić information content (AvgIpc) is 2.27. The molecular formula is C11H24N4O2S. The predicted molar refractivity (Wildman–Crippen MR) is 72.7 cm³/mol. The quantitative estimate of drug-likeness (QED) is 0.494. The van der Waals surface area contributed by atoms with E-state index < -0.39 is 10.2 Å². The first kappa shape index (κ1) is 15.4. The Labute approximate surface area is 110 Å². The second-order valence-corrected chi connectivity index (χ2v) is 6.57. The van der Waals surface area contributed by atoms with Crippen LogP contribution < -0.4 is 10.5 Å². The molecule has 18 heavy (non-hydrogen) atoms. The van der Waals surface area contributed by atoms with E-state index in [2.05, 4.69) is 4.72 Å². The number of amidine groups is 1. The summed E-state index contributed by atoms with van der Waals surface area (Å²) in [6.45, 7) is 4.40. The molecule has 0 saturated carbocycles. The van der Waals surface area contributed by atoms with E-state index in [4.69, 9.17) is 11.1 Å². The van der Waals surface area contributed by atoms with Gasteiger partial charge in [-0.15, -0.1) is 0 Å². The first-order valence-corrected chi connectivity index (χ1v) is 7.92. The molecule has 0 spiro atoms. The minimum absolute atomic E-state index is 0.0104. The van der Waals surface area contributed by atoms with Gasteiger partial charge in [-0.2, -0.15) is 17.4 Å². The Kier molecular flexibility index (Phi) is 5.55. The summed E-state index contributed by atoms with van der Waals surface area (Å²) in [6, 6.07) is -0.243. The van der Waals surface area contributed by atoms with Crippen LogP contribution in [0.25, 0.3) is 0 Å². The molecule has 0 aromatic carbocycles. The Bertz CT molecular complexity index is 383. The fraction of sp³-hybridized carbons (Fsp3) is 0.909. The highest BCUT2D eigenvalue weighted by atomic mass is 32.2. The molecule has 0 amide bonds. The van der Waals surface area contributed by atoms with Crippen molar-refractivity contribution in [3.05, 3.63) is 0 Å². The van der Waals surface area contributed by atoms with Crippen molar-refractivity contribution in [3.8, 4) is 0 Å². The number of hydrogen-bond acceptors (Lipinski definition) is 3. The van der Waals surface area contributed by atoms with Crippen LogP contribution in [0.3, 0.4) is 0 Å². The molecule has 0 radical (unpaired) electrons. The Morgan fingerprint density at radius 3 is 2.72 bits per heavy atom. The van der Waals surface area contributed by atoms with Gasteiger partial charge in [-0.05, 0) is 26.2 Å². The van der Waals surface area contributed by atoms with E-state index in [-0.39, 0.29) is 24.3 Å². The third kappa shape index (κ3) is 4.22. The van der Waals surface area contributed by atoms with Gasteiger partial charge in [0.1, 0.15) is 0 Å². The first-order valence-electron chi connectivity index (χ1n) is 6.48. The zero-order chi connectivity index (χ0) is 13.8. The van der Waals surface area contributed by atoms with Crippen LogP contribution >= 0.6 is 0 Å². The molecular weight excluding hydrogens is 252 g/mol. The second-order valence-electron chi connectivity index (χ2n) is 4.91. The highest BCUT2D eigenvalue weighted by Crippen LogP contribution is 2.19. The van der Waals surface area contributed by atoms with Crippen molar-refractivity contribution < 1.29 is 8.42 Å².